The van der Waals surface area contributed by atoms with Crippen LogP contribution >= 0.6 is 0 Å². The lowest BCUT2D eigenvalue weighted by Gasteiger charge is -2.01. The highest BCUT2D eigenvalue weighted by Gasteiger charge is 2.23. The second kappa shape index (κ2) is 4.37. The SMILES string of the molecule is C1=C[C@H](Cc2nc([C@H]3CCOC3)no2)CC1. The van der Waals surface area contributed by atoms with Crippen molar-refractivity contribution in [1.29, 1.82) is 0 Å². The van der Waals surface area contributed by atoms with Gasteiger partial charge in [-0.2, -0.15) is 4.98 Å². The summed E-state index contributed by atoms with van der Waals surface area (Å²) >= 11 is 0. The van der Waals surface area contributed by atoms with Gasteiger partial charge in [0.2, 0.25) is 5.89 Å². The fraction of sp³-hybridized carbons (Fsp3) is 0.667. The summed E-state index contributed by atoms with van der Waals surface area (Å²) in [5, 5.41) is 4.05. The highest BCUT2D eigenvalue weighted by atomic mass is 16.5. The minimum atomic E-state index is 0.344. The van der Waals surface area contributed by atoms with Crippen LogP contribution in [0, 0.1) is 5.92 Å². The Morgan fingerprint density at radius 3 is 3.12 bits per heavy atom. The van der Waals surface area contributed by atoms with E-state index in [2.05, 4.69) is 22.3 Å². The van der Waals surface area contributed by atoms with Crippen LogP contribution in [-0.4, -0.2) is 23.4 Å². The first kappa shape index (κ1) is 10.0. The number of nitrogens with zero attached hydrogens (tertiary/aromatic N) is 2. The Kier molecular flexibility index (Phi) is 2.74. The lowest BCUT2D eigenvalue weighted by atomic mass is 10.1. The Labute approximate surface area is 94.7 Å². The normalized spacial score (nSPS) is 29.0. The summed E-state index contributed by atoms with van der Waals surface area (Å²) in [7, 11) is 0. The molecule has 2 aliphatic rings. The number of hydrogen-bond donors (Lipinski definition) is 0. The van der Waals surface area contributed by atoms with Crippen LogP contribution < -0.4 is 0 Å². The minimum Gasteiger partial charge on any atom is -0.381 e. The fourth-order valence-corrected chi connectivity index (χ4v) is 2.34. The van der Waals surface area contributed by atoms with Crippen molar-refractivity contribution in [2.45, 2.75) is 31.6 Å². The summed E-state index contributed by atoms with van der Waals surface area (Å²) in [6, 6.07) is 0. The van der Waals surface area contributed by atoms with E-state index in [0.717, 1.165) is 37.8 Å². The Morgan fingerprint density at radius 2 is 2.38 bits per heavy atom. The van der Waals surface area contributed by atoms with Crippen LogP contribution in [0.15, 0.2) is 16.7 Å². The van der Waals surface area contributed by atoms with Crippen molar-refractivity contribution in [3.05, 3.63) is 23.9 Å². The van der Waals surface area contributed by atoms with Gasteiger partial charge in [0.15, 0.2) is 5.82 Å². The molecule has 0 aromatic carbocycles. The van der Waals surface area contributed by atoms with Crippen LogP contribution in [0.4, 0.5) is 0 Å². The number of hydrogen-bond acceptors (Lipinski definition) is 4. The molecule has 16 heavy (non-hydrogen) atoms. The summed E-state index contributed by atoms with van der Waals surface area (Å²) < 4.78 is 10.6. The van der Waals surface area contributed by atoms with Gasteiger partial charge in [0.25, 0.3) is 0 Å². The Bertz CT molecular complexity index is 380. The molecule has 4 heteroatoms. The highest BCUT2D eigenvalue weighted by molar-refractivity contribution is 5.02. The molecule has 1 aromatic heterocycles. The first-order valence-corrected chi connectivity index (χ1v) is 5.99. The molecule has 1 aliphatic heterocycles. The van der Waals surface area contributed by atoms with E-state index >= 15 is 0 Å². The molecule has 4 nitrogen and oxygen atoms in total. The largest absolute Gasteiger partial charge is 0.381 e. The van der Waals surface area contributed by atoms with Crippen molar-refractivity contribution >= 4 is 0 Å². The molecule has 0 amide bonds. The summed E-state index contributed by atoms with van der Waals surface area (Å²) in [6.45, 7) is 1.56. The molecule has 0 saturated carbocycles. The van der Waals surface area contributed by atoms with Crippen molar-refractivity contribution in [1.82, 2.24) is 10.1 Å². The van der Waals surface area contributed by atoms with Crippen LogP contribution in [0.25, 0.3) is 0 Å². The third-order valence-corrected chi connectivity index (χ3v) is 3.33. The highest BCUT2D eigenvalue weighted by Crippen LogP contribution is 2.24. The van der Waals surface area contributed by atoms with Gasteiger partial charge in [-0.1, -0.05) is 17.3 Å². The van der Waals surface area contributed by atoms with Crippen LogP contribution in [0.5, 0.6) is 0 Å². The van der Waals surface area contributed by atoms with Crippen LogP contribution in [0.1, 0.15) is 36.9 Å². The number of ether oxygens (including phenoxy) is 1. The second-order valence-electron chi connectivity index (χ2n) is 4.58. The summed E-state index contributed by atoms with van der Waals surface area (Å²) in [5.74, 6) is 2.54. The van der Waals surface area contributed by atoms with Gasteiger partial charge < -0.3 is 9.26 Å². The molecule has 1 saturated heterocycles. The molecule has 2 heterocycles. The Balaban J connectivity index is 1.65. The van der Waals surface area contributed by atoms with Gasteiger partial charge in [0.05, 0.1) is 6.61 Å². The summed E-state index contributed by atoms with van der Waals surface area (Å²) in [4.78, 5) is 4.46. The van der Waals surface area contributed by atoms with Crippen molar-refractivity contribution in [3.8, 4) is 0 Å². The molecular formula is C12H16N2O2. The Hall–Kier alpha value is -1.16. The number of allylic oxidation sites excluding steroid dienone is 2. The van der Waals surface area contributed by atoms with E-state index in [1.807, 2.05) is 0 Å². The maximum Gasteiger partial charge on any atom is 0.227 e. The smallest absolute Gasteiger partial charge is 0.227 e. The van der Waals surface area contributed by atoms with Crippen molar-refractivity contribution in [3.63, 3.8) is 0 Å². The average molecular weight is 220 g/mol. The van der Waals surface area contributed by atoms with E-state index in [1.165, 1.54) is 12.8 Å². The van der Waals surface area contributed by atoms with E-state index in [0.29, 0.717) is 11.8 Å². The van der Waals surface area contributed by atoms with E-state index < -0.39 is 0 Å². The van der Waals surface area contributed by atoms with Gasteiger partial charge in [-0.3, -0.25) is 0 Å². The monoisotopic (exact) mass is 220 g/mol. The quantitative estimate of drug-likeness (QED) is 0.732. The van der Waals surface area contributed by atoms with Crippen LogP contribution in [-0.2, 0) is 11.2 Å². The molecule has 2 atom stereocenters. The van der Waals surface area contributed by atoms with E-state index in [4.69, 9.17) is 9.26 Å². The number of rotatable bonds is 3. The average Bonchev–Trinajstić information content (AvgIpc) is 2.99. The van der Waals surface area contributed by atoms with E-state index in [-0.39, 0.29) is 0 Å². The zero-order valence-corrected chi connectivity index (χ0v) is 9.26. The van der Waals surface area contributed by atoms with E-state index in [9.17, 15) is 0 Å². The lowest BCUT2D eigenvalue weighted by Crippen LogP contribution is -2.01. The molecule has 0 unspecified atom stereocenters. The molecule has 1 aromatic rings. The molecule has 1 fully saturated rings. The van der Waals surface area contributed by atoms with Crippen molar-refractivity contribution in [2.24, 2.45) is 5.92 Å². The molecule has 0 bridgehead atoms. The first-order valence-electron chi connectivity index (χ1n) is 5.99. The van der Waals surface area contributed by atoms with Crippen LogP contribution in [0.2, 0.25) is 0 Å². The number of aromatic nitrogens is 2. The van der Waals surface area contributed by atoms with Gasteiger partial charge in [-0.15, -0.1) is 0 Å². The maximum absolute atomic E-state index is 5.32. The van der Waals surface area contributed by atoms with Crippen LogP contribution in [0.3, 0.4) is 0 Å². The third kappa shape index (κ3) is 2.02. The maximum atomic E-state index is 5.32. The molecule has 86 valence electrons. The zero-order chi connectivity index (χ0) is 10.8. The van der Waals surface area contributed by atoms with Gasteiger partial charge in [-0.25, -0.2) is 0 Å². The Morgan fingerprint density at radius 1 is 1.38 bits per heavy atom. The predicted molar refractivity (Wildman–Crippen MR) is 58.0 cm³/mol. The lowest BCUT2D eigenvalue weighted by molar-refractivity contribution is 0.192. The summed E-state index contributed by atoms with van der Waals surface area (Å²) in [5.41, 5.74) is 0. The topological polar surface area (TPSA) is 48.2 Å². The molecule has 0 N–H and O–H groups in total. The zero-order valence-electron chi connectivity index (χ0n) is 9.26. The van der Waals surface area contributed by atoms with Gasteiger partial charge in [-0.05, 0) is 25.2 Å². The molecule has 1 aliphatic carbocycles. The second-order valence-corrected chi connectivity index (χ2v) is 4.58. The minimum absolute atomic E-state index is 0.344. The molecule has 3 rings (SSSR count). The van der Waals surface area contributed by atoms with Gasteiger partial charge in [0.1, 0.15) is 0 Å². The first-order chi connectivity index (χ1) is 7.92. The third-order valence-electron chi connectivity index (χ3n) is 3.33. The fourth-order valence-electron chi connectivity index (χ4n) is 2.34. The molecule has 0 spiro atoms. The molecule has 0 radical (unpaired) electrons. The van der Waals surface area contributed by atoms with Crippen molar-refractivity contribution in [2.75, 3.05) is 13.2 Å². The predicted octanol–water partition coefficient (Wildman–Crippen LogP) is 2.08. The van der Waals surface area contributed by atoms with E-state index in [1.54, 1.807) is 0 Å². The van der Waals surface area contributed by atoms with Gasteiger partial charge in [0, 0.05) is 18.9 Å². The standard InChI is InChI=1S/C12H16N2O2/c1-2-4-9(3-1)7-11-13-12(14-16-11)10-5-6-15-8-10/h1,3,9-10H,2,4-8H2/t9-,10-/m0/s1. The molecular weight excluding hydrogens is 204 g/mol. The van der Waals surface area contributed by atoms with Crippen molar-refractivity contribution < 1.29 is 9.26 Å². The summed E-state index contributed by atoms with van der Waals surface area (Å²) in [6.07, 6.45) is 8.78. The van der Waals surface area contributed by atoms with Gasteiger partial charge >= 0.3 is 0 Å².